The van der Waals surface area contributed by atoms with Crippen molar-refractivity contribution in [3.63, 3.8) is 0 Å². The van der Waals surface area contributed by atoms with E-state index in [-0.39, 0.29) is 5.60 Å². The molecule has 1 aromatic rings. The van der Waals surface area contributed by atoms with Crippen molar-refractivity contribution in [2.24, 2.45) is 5.92 Å². The largest absolute Gasteiger partial charge is 0.375 e. The molecule has 1 N–H and O–H groups in total. The maximum Gasteiger partial charge on any atom is 0.0686 e. The molecule has 1 aliphatic carbocycles. The van der Waals surface area contributed by atoms with Gasteiger partial charge >= 0.3 is 0 Å². The first-order chi connectivity index (χ1) is 10.1. The van der Waals surface area contributed by atoms with Crippen LogP contribution in [0, 0.1) is 12.8 Å². The lowest BCUT2D eigenvalue weighted by atomic mass is 9.78. The van der Waals surface area contributed by atoms with Crippen LogP contribution in [0.25, 0.3) is 0 Å². The zero-order chi connectivity index (χ0) is 14.9. The molecule has 1 saturated carbocycles. The lowest BCUT2D eigenvalue weighted by Crippen LogP contribution is -2.41. The number of halogens is 1. The summed E-state index contributed by atoms with van der Waals surface area (Å²) in [5, 5.41) is 3.57. The van der Waals surface area contributed by atoms with Gasteiger partial charge in [0.25, 0.3) is 0 Å². The summed E-state index contributed by atoms with van der Waals surface area (Å²) in [5.74, 6) is 0.676. The van der Waals surface area contributed by atoms with Gasteiger partial charge in [0.2, 0.25) is 0 Å². The second-order valence-corrected chi connectivity index (χ2v) is 7.74. The Balaban J connectivity index is 1.82. The Hall–Kier alpha value is -0.380. The fraction of sp³-hybridized carbons (Fsp3) is 0.667. The second kappa shape index (κ2) is 6.39. The van der Waals surface area contributed by atoms with E-state index in [9.17, 15) is 0 Å². The summed E-state index contributed by atoms with van der Waals surface area (Å²) < 4.78 is 7.38. The van der Waals surface area contributed by atoms with Crippen LogP contribution < -0.4 is 5.32 Å². The minimum atomic E-state index is 0.194. The third-order valence-electron chi connectivity index (χ3n) is 5.25. The standard InChI is InChI=1S/C18H26BrNO/c1-13-9-15(11-16(19)10-13)17(20-2)14-5-8-21-18(12-14)6-3-4-7-18/h9-11,14,17,20H,3-8,12H2,1-2H3. The highest BCUT2D eigenvalue weighted by molar-refractivity contribution is 9.10. The van der Waals surface area contributed by atoms with Crippen LogP contribution in [0.2, 0.25) is 0 Å². The van der Waals surface area contributed by atoms with Gasteiger partial charge in [-0.25, -0.2) is 0 Å². The van der Waals surface area contributed by atoms with Gasteiger partial charge in [0.05, 0.1) is 5.60 Å². The molecule has 0 radical (unpaired) electrons. The maximum absolute atomic E-state index is 6.20. The zero-order valence-electron chi connectivity index (χ0n) is 13.1. The van der Waals surface area contributed by atoms with Gasteiger partial charge in [-0.1, -0.05) is 34.8 Å². The predicted molar refractivity (Wildman–Crippen MR) is 90.6 cm³/mol. The number of aryl methyl sites for hydroxylation is 1. The van der Waals surface area contributed by atoms with Gasteiger partial charge < -0.3 is 10.1 Å². The molecule has 2 nitrogen and oxygen atoms in total. The summed E-state index contributed by atoms with van der Waals surface area (Å²) in [6.07, 6.45) is 7.58. The number of ether oxygens (including phenoxy) is 1. The van der Waals surface area contributed by atoms with Crippen molar-refractivity contribution < 1.29 is 4.74 Å². The molecule has 3 rings (SSSR count). The quantitative estimate of drug-likeness (QED) is 0.847. The highest BCUT2D eigenvalue weighted by Crippen LogP contribution is 2.45. The molecule has 2 unspecified atom stereocenters. The molecular formula is C18H26BrNO. The van der Waals surface area contributed by atoms with Crippen LogP contribution in [-0.2, 0) is 4.74 Å². The molecule has 2 aliphatic rings. The van der Waals surface area contributed by atoms with Gasteiger partial charge in [-0.15, -0.1) is 0 Å². The summed E-state index contributed by atoms with van der Waals surface area (Å²) in [4.78, 5) is 0. The molecule has 1 saturated heterocycles. The summed E-state index contributed by atoms with van der Waals surface area (Å²) in [6, 6.07) is 7.20. The molecule has 2 fully saturated rings. The van der Waals surface area contributed by atoms with Crippen LogP contribution >= 0.6 is 15.9 Å². The molecule has 0 amide bonds. The highest BCUT2D eigenvalue weighted by atomic mass is 79.9. The fourth-order valence-electron chi connectivity index (χ4n) is 4.34. The average Bonchev–Trinajstić information content (AvgIpc) is 2.86. The third kappa shape index (κ3) is 3.35. The molecule has 0 bridgehead atoms. The number of hydrogen-bond donors (Lipinski definition) is 1. The van der Waals surface area contributed by atoms with E-state index in [4.69, 9.17) is 4.74 Å². The number of hydrogen-bond acceptors (Lipinski definition) is 2. The van der Waals surface area contributed by atoms with E-state index in [2.05, 4.69) is 53.4 Å². The molecule has 2 atom stereocenters. The van der Waals surface area contributed by atoms with E-state index in [1.807, 2.05) is 0 Å². The molecule has 1 aliphatic heterocycles. The van der Waals surface area contributed by atoms with Gasteiger partial charge in [-0.2, -0.15) is 0 Å². The Bertz CT molecular complexity index is 476. The van der Waals surface area contributed by atoms with Crippen molar-refractivity contribution in [3.8, 4) is 0 Å². The number of nitrogens with one attached hydrogen (secondary N) is 1. The summed E-state index contributed by atoms with van der Waals surface area (Å²) in [5.41, 5.74) is 2.92. The lowest BCUT2D eigenvalue weighted by molar-refractivity contribution is -0.0978. The molecule has 1 spiro atoms. The van der Waals surface area contributed by atoms with Gasteiger partial charge in [-0.3, -0.25) is 0 Å². The van der Waals surface area contributed by atoms with Crippen molar-refractivity contribution in [1.29, 1.82) is 0 Å². The van der Waals surface area contributed by atoms with Crippen LogP contribution in [0.1, 0.15) is 55.7 Å². The molecule has 3 heteroatoms. The van der Waals surface area contributed by atoms with Crippen LogP contribution in [0.5, 0.6) is 0 Å². The molecule has 116 valence electrons. The molecule has 1 aromatic carbocycles. The van der Waals surface area contributed by atoms with E-state index < -0.39 is 0 Å². The summed E-state index contributed by atoms with van der Waals surface area (Å²) >= 11 is 3.64. The van der Waals surface area contributed by atoms with Gasteiger partial charge in [0.1, 0.15) is 0 Å². The SMILES string of the molecule is CNC(c1cc(C)cc(Br)c1)C1CCOC2(CCCC2)C1. The van der Waals surface area contributed by atoms with E-state index in [0.29, 0.717) is 12.0 Å². The second-order valence-electron chi connectivity index (χ2n) is 6.82. The summed E-state index contributed by atoms with van der Waals surface area (Å²) in [7, 11) is 2.09. The van der Waals surface area contributed by atoms with E-state index in [1.165, 1.54) is 54.1 Å². The van der Waals surface area contributed by atoms with Crippen LogP contribution in [0.4, 0.5) is 0 Å². The Morgan fingerprint density at radius 3 is 2.71 bits per heavy atom. The Labute approximate surface area is 136 Å². The van der Waals surface area contributed by atoms with Crippen LogP contribution in [-0.4, -0.2) is 19.3 Å². The number of rotatable bonds is 3. The molecule has 1 heterocycles. The normalized spacial score (nSPS) is 26.1. The Kier molecular flexibility index (Phi) is 4.72. The number of benzene rings is 1. The van der Waals surface area contributed by atoms with Gasteiger partial charge in [0, 0.05) is 17.1 Å². The van der Waals surface area contributed by atoms with Gasteiger partial charge in [0.15, 0.2) is 0 Å². The van der Waals surface area contributed by atoms with Crippen LogP contribution in [0.3, 0.4) is 0 Å². The first-order valence-corrected chi connectivity index (χ1v) is 8.99. The first-order valence-electron chi connectivity index (χ1n) is 8.20. The monoisotopic (exact) mass is 351 g/mol. The molecular weight excluding hydrogens is 326 g/mol. The Morgan fingerprint density at radius 1 is 1.29 bits per heavy atom. The van der Waals surface area contributed by atoms with Crippen molar-refractivity contribution >= 4 is 15.9 Å². The average molecular weight is 352 g/mol. The van der Waals surface area contributed by atoms with Crippen molar-refractivity contribution in [1.82, 2.24) is 5.32 Å². The summed E-state index contributed by atoms with van der Waals surface area (Å²) in [6.45, 7) is 3.10. The molecule has 0 aromatic heterocycles. The Morgan fingerprint density at radius 2 is 2.05 bits per heavy atom. The first kappa shape index (κ1) is 15.5. The lowest BCUT2D eigenvalue weighted by Gasteiger charge is -2.41. The van der Waals surface area contributed by atoms with E-state index in [0.717, 1.165) is 6.61 Å². The predicted octanol–water partition coefficient (Wildman–Crippen LogP) is 4.76. The topological polar surface area (TPSA) is 21.3 Å². The minimum absolute atomic E-state index is 0.194. The smallest absolute Gasteiger partial charge is 0.0686 e. The van der Waals surface area contributed by atoms with Gasteiger partial charge in [-0.05, 0) is 68.8 Å². The highest BCUT2D eigenvalue weighted by Gasteiger charge is 2.42. The van der Waals surface area contributed by atoms with Crippen molar-refractivity contribution in [3.05, 3.63) is 33.8 Å². The van der Waals surface area contributed by atoms with E-state index in [1.54, 1.807) is 0 Å². The fourth-order valence-corrected chi connectivity index (χ4v) is 4.96. The third-order valence-corrected chi connectivity index (χ3v) is 5.71. The zero-order valence-corrected chi connectivity index (χ0v) is 14.7. The van der Waals surface area contributed by atoms with Crippen LogP contribution in [0.15, 0.2) is 22.7 Å². The maximum atomic E-state index is 6.20. The molecule has 21 heavy (non-hydrogen) atoms. The van der Waals surface area contributed by atoms with E-state index >= 15 is 0 Å². The van der Waals surface area contributed by atoms with Crippen molar-refractivity contribution in [2.45, 2.75) is 57.1 Å². The minimum Gasteiger partial charge on any atom is -0.375 e. The van der Waals surface area contributed by atoms with Crippen molar-refractivity contribution in [2.75, 3.05) is 13.7 Å².